The molecule has 0 amide bonds. The maximum absolute atomic E-state index is 10.6. The van der Waals surface area contributed by atoms with Gasteiger partial charge in [-0.25, -0.2) is 9.97 Å². The number of aromatic amines is 2. The standard InChI is InChI=1S/C28H25N9O2/c38-28(37-8-10-39-11-9-37)32-19-12-17(14-29-16-19)18-13-21-25(35-36-26(21)31-15-18)27-33-23-6-3-4-20(24(23)34-27)22-5-1-2-7-30-22/h1-7,12-16,28,32,38H,8-11H2,(H,33,34)(H,31,35,36). The molecule has 1 fully saturated rings. The first-order valence-electron chi connectivity index (χ1n) is 12.7. The number of hydrogen-bond donors (Lipinski definition) is 4. The summed E-state index contributed by atoms with van der Waals surface area (Å²) in [5.74, 6) is 0.640. The second-order valence-electron chi connectivity index (χ2n) is 9.32. The Morgan fingerprint density at radius 3 is 2.74 bits per heavy atom. The van der Waals surface area contributed by atoms with Crippen LogP contribution in [0.15, 0.2) is 73.3 Å². The molecule has 11 heteroatoms. The first-order valence-corrected chi connectivity index (χ1v) is 12.7. The van der Waals surface area contributed by atoms with Gasteiger partial charge in [0.2, 0.25) is 0 Å². The van der Waals surface area contributed by atoms with Crippen molar-refractivity contribution in [2.45, 2.75) is 6.35 Å². The fourth-order valence-corrected chi connectivity index (χ4v) is 4.85. The molecule has 1 unspecified atom stereocenters. The fourth-order valence-electron chi connectivity index (χ4n) is 4.85. The largest absolute Gasteiger partial charge is 0.379 e. The number of rotatable bonds is 6. The maximum atomic E-state index is 10.6. The van der Waals surface area contributed by atoms with Crippen molar-refractivity contribution in [1.29, 1.82) is 0 Å². The van der Waals surface area contributed by atoms with Crippen LogP contribution in [-0.4, -0.2) is 77.8 Å². The van der Waals surface area contributed by atoms with Gasteiger partial charge in [-0.2, -0.15) is 5.10 Å². The molecule has 1 saturated heterocycles. The van der Waals surface area contributed by atoms with Crippen molar-refractivity contribution in [1.82, 2.24) is 40.0 Å². The molecule has 4 N–H and O–H groups in total. The van der Waals surface area contributed by atoms with Crippen molar-refractivity contribution in [3.05, 3.63) is 73.3 Å². The zero-order valence-electron chi connectivity index (χ0n) is 20.9. The summed E-state index contributed by atoms with van der Waals surface area (Å²) < 4.78 is 5.37. The summed E-state index contributed by atoms with van der Waals surface area (Å²) in [5, 5.41) is 22.1. The molecule has 11 nitrogen and oxygen atoms in total. The molecule has 6 aromatic rings. The number of ether oxygens (including phenoxy) is 1. The molecule has 39 heavy (non-hydrogen) atoms. The van der Waals surface area contributed by atoms with E-state index < -0.39 is 6.35 Å². The number of pyridine rings is 3. The Hall–Kier alpha value is -4.71. The van der Waals surface area contributed by atoms with E-state index in [4.69, 9.17) is 9.72 Å². The summed E-state index contributed by atoms with van der Waals surface area (Å²) in [6, 6.07) is 15.8. The molecule has 0 aliphatic carbocycles. The van der Waals surface area contributed by atoms with Crippen LogP contribution in [-0.2, 0) is 4.74 Å². The Balaban J connectivity index is 1.22. The van der Waals surface area contributed by atoms with Gasteiger partial charge in [0.15, 0.2) is 17.8 Å². The minimum Gasteiger partial charge on any atom is -0.379 e. The lowest BCUT2D eigenvalue weighted by molar-refractivity contribution is -0.0446. The Bertz CT molecular complexity index is 1760. The predicted molar refractivity (Wildman–Crippen MR) is 147 cm³/mol. The summed E-state index contributed by atoms with van der Waals surface area (Å²) >= 11 is 0. The second-order valence-corrected chi connectivity index (χ2v) is 9.32. The van der Waals surface area contributed by atoms with Crippen molar-refractivity contribution in [2.75, 3.05) is 31.6 Å². The molecule has 5 aromatic heterocycles. The maximum Gasteiger partial charge on any atom is 0.184 e. The number of nitrogens with zero attached hydrogens (tertiary/aromatic N) is 6. The van der Waals surface area contributed by atoms with Crippen molar-refractivity contribution in [2.24, 2.45) is 0 Å². The van der Waals surface area contributed by atoms with Gasteiger partial charge in [-0.3, -0.25) is 20.0 Å². The number of anilines is 1. The number of aliphatic hydroxyl groups is 1. The van der Waals surface area contributed by atoms with Gasteiger partial charge in [-0.1, -0.05) is 18.2 Å². The van der Waals surface area contributed by atoms with Gasteiger partial charge in [0.1, 0.15) is 5.69 Å². The molecule has 1 aromatic carbocycles. The third-order valence-electron chi connectivity index (χ3n) is 6.85. The predicted octanol–water partition coefficient (Wildman–Crippen LogP) is 3.65. The third kappa shape index (κ3) is 4.48. The van der Waals surface area contributed by atoms with Crippen LogP contribution in [0, 0.1) is 0 Å². The van der Waals surface area contributed by atoms with E-state index in [1.54, 1.807) is 24.8 Å². The van der Waals surface area contributed by atoms with E-state index in [-0.39, 0.29) is 0 Å². The number of aliphatic hydroxyl groups excluding tert-OH is 1. The van der Waals surface area contributed by atoms with Crippen LogP contribution in [0.1, 0.15) is 0 Å². The molecule has 0 saturated carbocycles. The zero-order valence-corrected chi connectivity index (χ0v) is 20.9. The van der Waals surface area contributed by atoms with Crippen LogP contribution < -0.4 is 5.32 Å². The third-order valence-corrected chi connectivity index (χ3v) is 6.85. The first kappa shape index (κ1) is 23.4. The number of aromatic nitrogens is 7. The minimum absolute atomic E-state index is 0.603. The van der Waals surface area contributed by atoms with Crippen molar-refractivity contribution < 1.29 is 9.84 Å². The molecule has 0 radical (unpaired) electrons. The highest BCUT2D eigenvalue weighted by Crippen LogP contribution is 2.32. The van der Waals surface area contributed by atoms with E-state index in [1.807, 2.05) is 53.4 Å². The smallest absolute Gasteiger partial charge is 0.184 e. The van der Waals surface area contributed by atoms with E-state index in [1.165, 1.54) is 0 Å². The number of nitrogens with one attached hydrogen (secondary N) is 3. The molecule has 0 spiro atoms. The van der Waals surface area contributed by atoms with E-state index in [0.29, 0.717) is 49.2 Å². The highest BCUT2D eigenvalue weighted by molar-refractivity contribution is 5.96. The van der Waals surface area contributed by atoms with Gasteiger partial charge in [0.25, 0.3) is 0 Å². The summed E-state index contributed by atoms with van der Waals surface area (Å²) in [6.45, 7) is 2.53. The van der Waals surface area contributed by atoms with Crippen molar-refractivity contribution in [3.8, 4) is 33.9 Å². The minimum atomic E-state index is -0.823. The van der Waals surface area contributed by atoms with Crippen LogP contribution >= 0.6 is 0 Å². The number of benzene rings is 1. The molecule has 194 valence electrons. The Morgan fingerprint density at radius 1 is 0.974 bits per heavy atom. The van der Waals surface area contributed by atoms with Crippen LogP contribution in [0.2, 0.25) is 0 Å². The van der Waals surface area contributed by atoms with Crippen molar-refractivity contribution >= 4 is 27.8 Å². The highest BCUT2D eigenvalue weighted by Gasteiger charge is 2.19. The number of imidazole rings is 1. The summed E-state index contributed by atoms with van der Waals surface area (Å²) in [4.78, 5) is 23.7. The van der Waals surface area contributed by atoms with Crippen LogP contribution in [0.5, 0.6) is 0 Å². The summed E-state index contributed by atoms with van der Waals surface area (Å²) in [5.41, 5.74) is 7.30. The number of morpholine rings is 1. The molecule has 7 rings (SSSR count). The monoisotopic (exact) mass is 519 g/mol. The fraction of sp³-hybridized carbons (Fsp3) is 0.179. The van der Waals surface area contributed by atoms with Gasteiger partial charge in [-0.05, 0) is 30.3 Å². The van der Waals surface area contributed by atoms with E-state index in [9.17, 15) is 5.11 Å². The van der Waals surface area contributed by atoms with Crippen LogP contribution in [0.4, 0.5) is 5.69 Å². The molecule has 1 aliphatic rings. The Morgan fingerprint density at radius 2 is 1.87 bits per heavy atom. The summed E-state index contributed by atoms with van der Waals surface area (Å²) in [6.07, 6.45) is 6.20. The lowest BCUT2D eigenvalue weighted by atomic mass is 10.1. The Labute approximate surface area is 222 Å². The second kappa shape index (κ2) is 9.87. The quantitative estimate of drug-likeness (QED) is 0.243. The SMILES string of the molecule is OC(Nc1cncc(-c2cnc3[nH]nc(-c4nc5c(-c6ccccn6)cccc5[nH]4)c3c2)c1)N1CCOCC1. The van der Waals surface area contributed by atoms with E-state index in [0.717, 1.165) is 38.8 Å². The van der Waals surface area contributed by atoms with Gasteiger partial charge in [0.05, 0.1) is 47.2 Å². The topological polar surface area (TPSA) is 141 Å². The van der Waals surface area contributed by atoms with E-state index >= 15 is 0 Å². The average Bonchev–Trinajstić information content (AvgIpc) is 3.62. The number of fused-ring (bicyclic) bond motifs is 2. The molecular formula is C28H25N9O2. The van der Waals surface area contributed by atoms with Gasteiger partial charge >= 0.3 is 0 Å². The van der Waals surface area contributed by atoms with Gasteiger partial charge in [0, 0.05) is 48.4 Å². The van der Waals surface area contributed by atoms with Gasteiger partial charge < -0.3 is 20.1 Å². The lowest BCUT2D eigenvalue weighted by Crippen LogP contribution is -2.47. The van der Waals surface area contributed by atoms with Crippen molar-refractivity contribution in [3.63, 3.8) is 0 Å². The number of hydrogen-bond acceptors (Lipinski definition) is 9. The molecular weight excluding hydrogens is 494 g/mol. The molecule has 0 bridgehead atoms. The lowest BCUT2D eigenvalue weighted by Gasteiger charge is -2.31. The highest BCUT2D eigenvalue weighted by atomic mass is 16.5. The first-order chi connectivity index (χ1) is 19.2. The van der Waals surface area contributed by atoms with E-state index in [2.05, 4.69) is 35.5 Å². The molecule has 6 heterocycles. The molecule has 1 atom stereocenters. The number of H-pyrrole nitrogens is 2. The normalized spacial score (nSPS) is 15.1. The average molecular weight is 520 g/mol. The van der Waals surface area contributed by atoms with Crippen LogP contribution in [0.25, 0.3) is 56.0 Å². The number of para-hydroxylation sites is 1. The Kier molecular flexibility index (Phi) is 5.93. The van der Waals surface area contributed by atoms with Crippen LogP contribution in [0.3, 0.4) is 0 Å². The zero-order chi connectivity index (χ0) is 26.2. The summed E-state index contributed by atoms with van der Waals surface area (Å²) in [7, 11) is 0. The van der Waals surface area contributed by atoms with Gasteiger partial charge in [-0.15, -0.1) is 0 Å². The molecule has 1 aliphatic heterocycles.